The first-order chi connectivity index (χ1) is 13.7. The number of carbonyl (C=O) groups is 1. The average Bonchev–Trinajstić information content (AvgIpc) is 3.47. The molecule has 0 spiro atoms. The first-order valence-electron chi connectivity index (χ1n) is 10.7. The summed E-state index contributed by atoms with van der Waals surface area (Å²) in [5, 5.41) is 0. The highest BCUT2D eigenvalue weighted by molar-refractivity contribution is 5.94. The third-order valence-electron chi connectivity index (χ3n) is 6.02. The molecular formula is C23H31N3O2. The van der Waals surface area contributed by atoms with Gasteiger partial charge in [0.05, 0.1) is 12.2 Å². The second-order valence-electron chi connectivity index (χ2n) is 8.03. The first-order valence-corrected chi connectivity index (χ1v) is 10.7. The van der Waals surface area contributed by atoms with Gasteiger partial charge in [-0.2, -0.15) is 0 Å². The van der Waals surface area contributed by atoms with Gasteiger partial charge in [0.15, 0.2) is 0 Å². The Labute approximate surface area is 167 Å². The van der Waals surface area contributed by atoms with Crippen molar-refractivity contribution >= 4 is 5.91 Å². The summed E-state index contributed by atoms with van der Waals surface area (Å²) in [6.45, 7) is 7.18. The Morgan fingerprint density at radius 3 is 2.57 bits per heavy atom. The molecule has 0 unspecified atom stereocenters. The topological polar surface area (TPSA) is 37.7 Å². The van der Waals surface area contributed by atoms with E-state index in [1.54, 1.807) is 0 Å². The molecule has 5 heteroatoms. The molecule has 0 saturated carbocycles. The summed E-state index contributed by atoms with van der Waals surface area (Å²) in [5.74, 6) is 1.04. The maximum absolute atomic E-state index is 12.5. The van der Waals surface area contributed by atoms with Crippen molar-refractivity contribution in [1.29, 1.82) is 0 Å². The zero-order valence-electron chi connectivity index (χ0n) is 16.8. The van der Waals surface area contributed by atoms with Gasteiger partial charge in [0, 0.05) is 43.8 Å². The van der Waals surface area contributed by atoms with E-state index in [1.165, 1.54) is 19.4 Å². The number of hydrogen-bond acceptors (Lipinski definition) is 3. The number of likely N-dealkylation sites (tertiary alicyclic amines) is 2. The van der Waals surface area contributed by atoms with Gasteiger partial charge in [-0.3, -0.25) is 4.79 Å². The van der Waals surface area contributed by atoms with Crippen molar-refractivity contribution in [2.75, 3.05) is 32.8 Å². The predicted octanol–water partition coefficient (Wildman–Crippen LogP) is 3.97. The van der Waals surface area contributed by atoms with Crippen molar-refractivity contribution in [3.63, 3.8) is 0 Å². The van der Waals surface area contributed by atoms with Crippen molar-refractivity contribution in [2.45, 2.75) is 45.1 Å². The molecule has 2 aliphatic rings. The summed E-state index contributed by atoms with van der Waals surface area (Å²) >= 11 is 0. The van der Waals surface area contributed by atoms with Gasteiger partial charge in [0.25, 0.3) is 5.91 Å². The fourth-order valence-corrected chi connectivity index (χ4v) is 4.28. The molecule has 1 atom stereocenters. The molecule has 0 bridgehead atoms. The second kappa shape index (κ2) is 8.82. The van der Waals surface area contributed by atoms with Gasteiger partial charge in [0.1, 0.15) is 5.75 Å². The smallest absolute Gasteiger partial charge is 0.255 e. The van der Waals surface area contributed by atoms with E-state index < -0.39 is 0 Å². The van der Waals surface area contributed by atoms with E-state index in [2.05, 4.69) is 11.8 Å². The summed E-state index contributed by atoms with van der Waals surface area (Å²) in [5.41, 5.74) is 1.80. The third kappa shape index (κ3) is 4.41. The third-order valence-corrected chi connectivity index (χ3v) is 6.02. The van der Waals surface area contributed by atoms with Gasteiger partial charge in [-0.15, -0.1) is 0 Å². The minimum atomic E-state index is 0.142. The lowest BCUT2D eigenvalue weighted by Gasteiger charge is -2.20. The Balaban J connectivity index is 1.28. The number of ether oxygens (including phenoxy) is 1. The molecule has 0 N–H and O–H groups in total. The van der Waals surface area contributed by atoms with Crippen LogP contribution >= 0.6 is 0 Å². The SMILES string of the molecule is C[C@@H]1CCCN1CCCOc1ccc(-n2ccc(C(=O)N3CCCC3)c2)cc1. The summed E-state index contributed by atoms with van der Waals surface area (Å²) in [4.78, 5) is 17.0. The Morgan fingerprint density at radius 1 is 1.07 bits per heavy atom. The zero-order valence-corrected chi connectivity index (χ0v) is 16.8. The predicted molar refractivity (Wildman–Crippen MR) is 111 cm³/mol. The van der Waals surface area contributed by atoms with Crippen molar-refractivity contribution in [1.82, 2.24) is 14.4 Å². The fraction of sp³-hybridized carbons (Fsp3) is 0.522. The molecule has 1 aromatic heterocycles. The molecule has 2 aromatic rings. The van der Waals surface area contributed by atoms with Crippen LogP contribution in [-0.4, -0.2) is 59.1 Å². The number of rotatable bonds is 7. The van der Waals surface area contributed by atoms with Crippen LogP contribution in [0.15, 0.2) is 42.7 Å². The van der Waals surface area contributed by atoms with Gasteiger partial charge in [-0.1, -0.05) is 0 Å². The van der Waals surface area contributed by atoms with E-state index in [9.17, 15) is 4.79 Å². The zero-order chi connectivity index (χ0) is 19.3. The van der Waals surface area contributed by atoms with Crippen LogP contribution in [0.2, 0.25) is 0 Å². The molecule has 4 rings (SSSR count). The number of benzene rings is 1. The summed E-state index contributed by atoms with van der Waals surface area (Å²) in [7, 11) is 0. The van der Waals surface area contributed by atoms with Crippen LogP contribution in [0, 0.1) is 0 Å². The molecular weight excluding hydrogens is 350 g/mol. The number of amides is 1. The highest BCUT2D eigenvalue weighted by Gasteiger charge is 2.20. The summed E-state index contributed by atoms with van der Waals surface area (Å²) < 4.78 is 7.91. The highest BCUT2D eigenvalue weighted by Crippen LogP contribution is 2.19. The maximum Gasteiger partial charge on any atom is 0.255 e. The van der Waals surface area contributed by atoms with E-state index in [0.717, 1.165) is 68.5 Å². The van der Waals surface area contributed by atoms with E-state index in [1.807, 2.05) is 52.2 Å². The van der Waals surface area contributed by atoms with Gasteiger partial charge in [-0.25, -0.2) is 0 Å². The Kier molecular flexibility index (Phi) is 6.01. The van der Waals surface area contributed by atoms with Gasteiger partial charge in [0.2, 0.25) is 0 Å². The Bertz CT molecular complexity index is 777. The van der Waals surface area contributed by atoms with Crippen LogP contribution in [0.1, 0.15) is 49.4 Å². The van der Waals surface area contributed by atoms with Gasteiger partial charge in [-0.05, 0) is 75.9 Å². The molecule has 1 amide bonds. The van der Waals surface area contributed by atoms with E-state index in [0.29, 0.717) is 0 Å². The summed E-state index contributed by atoms with van der Waals surface area (Å²) in [6.07, 6.45) is 9.83. The van der Waals surface area contributed by atoms with Crippen molar-refractivity contribution in [2.24, 2.45) is 0 Å². The fourth-order valence-electron chi connectivity index (χ4n) is 4.28. The average molecular weight is 382 g/mol. The molecule has 2 fully saturated rings. The lowest BCUT2D eigenvalue weighted by Crippen LogP contribution is -2.28. The van der Waals surface area contributed by atoms with Crippen LogP contribution in [0.5, 0.6) is 5.75 Å². The lowest BCUT2D eigenvalue weighted by molar-refractivity contribution is 0.0793. The minimum Gasteiger partial charge on any atom is -0.494 e. The molecule has 5 nitrogen and oxygen atoms in total. The number of carbonyl (C=O) groups excluding carboxylic acids is 1. The number of hydrogen-bond donors (Lipinski definition) is 0. The molecule has 2 aliphatic heterocycles. The van der Waals surface area contributed by atoms with E-state index >= 15 is 0 Å². The van der Waals surface area contributed by atoms with Gasteiger partial charge >= 0.3 is 0 Å². The van der Waals surface area contributed by atoms with E-state index in [4.69, 9.17) is 4.74 Å². The highest BCUT2D eigenvalue weighted by atomic mass is 16.5. The normalized spacial score (nSPS) is 20.0. The Morgan fingerprint density at radius 2 is 1.86 bits per heavy atom. The van der Waals surface area contributed by atoms with Crippen molar-refractivity contribution in [3.8, 4) is 11.4 Å². The Hall–Kier alpha value is -2.27. The van der Waals surface area contributed by atoms with Crippen molar-refractivity contribution in [3.05, 3.63) is 48.3 Å². The van der Waals surface area contributed by atoms with Gasteiger partial charge < -0.3 is 19.1 Å². The van der Waals surface area contributed by atoms with E-state index in [-0.39, 0.29) is 5.91 Å². The molecule has 3 heterocycles. The lowest BCUT2D eigenvalue weighted by atomic mass is 10.2. The molecule has 1 aromatic carbocycles. The molecule has 150 valence electrons. The number of aromatic nitrogens is 1. The standard InChI is InChI=1S/C23H31N3O2/c1-19-6-4-14-24(19)15-5-17-28-22-9-7-21(8-10-22)26-16-11-20(18-26)23(27)25-12-2-3-13-25/h7-11,16,18-19H,2-6,12-15,17H2,1H3/t19-/m1/s1. The van der Waals surface area contributed by atoms with Crippen LogP contribution in [0.25, 0.3) is 5.69 Å². The molecule has 28 heavy (non-hydrogen) atoms. The number of nitrogens with zero attached hydrogens (tertiary/aromatic N) is 3. The minimum absolute atomic E-state index is 0.142. The van der Waals surface area contributed by atoms with Crippen LogP contribution in [0.4, 0.5) is 0 Å². The molecule has 2 saturated heterocycles. The summed E-state index contributed by atoms with van der Waals surface area (Å²) in [6, 6.07) is 10.7. The van der Waals surface area contributed by atoms with Crippen LogP contribution < -0.4 is 4.74 Å². The molecule has 0 radical (unpaired) electrons. The first kappa shape index (κ1) is 19.1. The van der Waals surface area contributed by atoms with Crippen molar-refractivity contribution < 1.29 is 9.53 Å². The quantitative estimate of drug-likeness (QED) is 0.681. The van der Waals surface area contributed by atoms with Crippen LogP contribution in [0.3, 0.4) is 0 Å². The second-order valence-corrected chi connectivity index (χ2v) is 8.03. The molecule has 0 aliphatic carbocycles. The maximum atomic E-state index is 12.5. The monoisotopic (exact) mass is 381 g/mol. The van der Waals surface area contributed by atoms with Crippen LogP contribution in [-0.2, 0) is 0 Å². The largest absolute Gasteiger partial charge is 0.494 e.